The number of guanidine groups is 1. The van der Waals surface area contributed by atoms with Crippen molar-refractivity contribution in [1.29, 1.82) is 0 Å². The Kier molecular flexibility index (Phi) is 9.24. The molecule has 1 aromatic rings. The number of amides is 1. The van der Waals surface area contributed by atoms with E-state index in [2.05, 4.69) is 10.3 Å². The monoisotopic (exact) mass is 510 g/mol. The number of halogens is 5. The van der Waals surface area contributed by atoms with Crippen LogP contribution in [0.25, 0.3) is 6.08 Å². The number of alkyl halides is 3. The standard InChI is InChI=1S/C20H23Cl2F3N4O4/c1-2-32-18(31)14(5-3-4-6-28-19(26)27)29-17(30)12-8-10-7-11(21)9-13(22)15(10)33-16(12)20(23,24)25/h7-9,14,16H,2-6H2,1H3,(H,29,30)(H4,26,27,28)/t14-,16-/m0/s1. The van der Waals surface area contributed by atoms with Gasteiger partial charge in [-0.15, -0.1) is 0 Å². The van der Waals surface area contributed by atoms with E-state index in [0.717, 1.165) is 6.08 Å². The van der Waals surface area contributed by atoms with E-state index in [-0.39, 0.29) is 40.3 Å². The topological polar surface area (TPSA) is 129 Å². The first-order valence-corrected chi connectivity index (χ1v) is 10.7. The summed E-state index contributed by atoms with van der Waals surface area (Å²) < 4.78 is 51.0. The molecular weight excluding hydrogens is 488 g/mol. The largest absolute Gasteiger partial charge is 0.474 e. The lowest BCUT2D eigenvalue weighted by atomic mass is 9.99. The van der Waals surface area contributed by atoms with E-state index in [9.17, 15) is 22.8 Å². The Morgan fingerprint density at radius 2 is 1.97 bits per heavy atom. The second-order valence-corrected chi connectivity index (χ2v) is 7.87. The first-order chi connectivity index (χ1) is 15.4. The van der Waals surface area contributed by atoms with Gasteiger partial charge in [0.2, 0.25) is 6.10 Å². The number of fused-ring (bicyclic) bond motifs is 1. The Bertz CT molecular complexity index is 950. The number of nitrogens with one attached hydrogen (secondary N) is 1. The van der Waals surface area contributed by atoms with Gasteiger partial charge in [-0.1, -0.05) is 23.2 Å². The van der Waals surface area contributed by atoms with Crippen LogP contribution in [-0.2, 0) is 14.3 Å². The van der Waals surface area contributed by atoms with Crippen LogP contribution >= 0.6 is 23.2 Å². The Labute approximate surface area is 198 Å². The van der Waals surface area contributed by atoms with Crippen LogP contribution in [0.15, 0.2) is 22.7 Å². The minimum absolute atomic E-state index is 0.0283. The van der Waals surface area contributed by atoms with Gasteiger partial charge in [-0.05, 0) is 44.4 Å². The second-order valence-electron chi connectivity index (χ2n) is 7.03. The summed E-state index contributed by atoms with van der Waals surface area (Å²) in [6.07, 6.45) is -5.55. The Hall–Kier alpha value is -2.66. The number of carbonyl (C=O) groups is 2. The van der Waals surface area contributed by atoms with Crippen LogP contribution in [0.2, 0.25) is 10.0 Å². The molecule has 2 atom stereocenters. The van der Waals surface area contributed by atoms with Crippen LogP contribution in [0.1, 0.15) is 31.7 Å². The Morgan fingerprint density at radius 1 is 1.27 bits per heavy atom. The van der Waals surface area contributed by atoms with Crippen LogP contribution in [-0.4, -0.2) is 49.3 Å². The molecule has 0 saturated heterocycles. The first kappa shape index (κ1) is 26.6. The average molecular weight is 511 g/mol. The molecule has 0 bridgehead atoms. The van der Waals surface area contributed by atoms with Crippen LogP contribution < -0.4 is 21.5 Å². The minimum atomic E-state index is -4.93. The highest BCUT2D eigenvalue weighted by atomic mass is 35.5. The number of nitrogens with two attached hydrogens (primary N) is 2. The van der Waals surface area contributed by atoms with E-state index in [1.54, 1.807) is 6.92 Å². The van der Waals surface area contributed by atoms with Crippen molar-refractivity contribution in [2.75, 3.05) is 13.2 Å². The van der Waals surface area contributed by atoms with E-state index in [1.165, 1.54) is 12.1 Å². The van der Waals surface area contributed by atoms with Crippen molar-refractivity contribution in [2.24, 2.45) is 16.5 Å². The fourth-order valence-corrected chi connectivity index (χ4v) is 3.62. The third kappa shape index (κ3) is 7.43. The molecule has 0 unspecified atom stereocenters. The molecule has 0 aromatic heterocycles. The van der Waals surface area contributed by atoms with Gasteiger partial charge in [0.25, 0.3) is 5.91 Å². The average Bonchev–Trinajstić information content (AvgIpc) is 2.70. The summed E-state index contributed by atoms with van der Waals surface area (Å²) in [6.45, 7) is 1.89. The summed E-state index contributed by atoms with van der Waals surface area (Å²) in [7, 11) is 0. The van der Waals surface area contributed by atoms with Gasteiger partial charge in [0.15, 0.2) is 5.96 Å². The predicted molar refractivity (Wildman–Crippen MR) is 118 cm³/mol. The van der Waals surface area contributed by atoms with Crippen molar-refractivity contribution in [2.45, 2.75) is 44.5 Å². The third-order valence-corrected chi connectivity index (χ3v) is 5.00. The normalized spacial score (nSPS) is 16.1. The van der Waals surface area contributed by atoms with Gasteiger partial charge in [-0.25, -0.2) is 4.79 Å². The molecule has 1 aliphatic heterocycles. The van der Waals surface area contributed by atoms with Gasteiger partial charge in [-0.3, -0.25) is 9.79 Å². The van der Waals surface area contributed by atoms with E-state index < -0.39 is 35.8 Å². The summed E-state index contributed by atoms with van der Waals surface area (Å²) in [5.41, 5.74) is 9.84. The molecule has 0 spiro atoms. The highest BCUT2D eigenvalue weighted by Gasteiger charge is 2.49. The number of hydrogen-bond acceptors (Lipinski definition) is 5. The maximum Gasteiger partial charge on any atom is 0.429 e. The number of rotatable bonds is 9. The number of esters is 1. The SMILES string of the molecule is CCOC(=O)[C@H](CCCCN=C(N)N)NC(=O)C1=Cc2cc(Cl)cc(Cl)c2O[C@@H]1C(F)(F)F. The van der Waals surface area contributed by atoms with E-state index in [4.69, 9.17) is 44.1 Å². The smallest absolute Gasteiger partial charge is 0.429 e. The molecule has 33 heavy (non-hydrogen) atoms. The minimum Gasteiger partial charge on any atom is -0.474 e. The quantitative estimate of drug-likeness (QED) is 0.202. The highest BCUT2D eigenvalue weighted by molar-refractivity contribution is 6.36. The van der Waals surface area contributed by atoms with Crippen LogP contribution in [0.5, 0.6) is 5.75 Å². The van der Waals surface area contributed by atoms with Gasteiger partial charge in [-0.2, -0.15) is 13.2 Å². The molecule has 0 fully saturated rings. The molecule has 1 aromatic carbocycles. The van der Waals surface area contributed by atoms with Crippen molar-refractivity contribution in [3.63, 3.8) is 0 Å². The molecule has 2 rings (SSSR count). The second kappa shape index (κ2) is 11.5. The number of nitrogens with zero attached hydrogens (tertiary/aromatic N) is 1. The number of carbonyl (C=O) groups excluding carboxylic acids is 2. The molecule has 5 N–H and O–H groups in total. The van der Waals surface area contributed by atoms with E-state index in [1.807, 2.05) is 0 Å². The first-order valence-electron chi connectivity index (χ1n) is 9.91. The molecule has 1 amide bonds. The lowest BCUT2D eigenvalue weighted by Gasteiger charge is -2.29. The van der Waals surface area contributed by atoms with Crippen molar-refractivity contribution < 1.29 is 32.2 Å². The molecule has 8 nitrogen and oxygen atoms in total. The molecular formula is C20H23Cl2F3N4O4. The van der Waals surface area contributed by atoms with Gasteiger partial charge in [0.05, 0.1) is 17.2 Å². The van der Waals surface area contributed by atoms with Crippen LogP contribution in [0.3, 0.4) is 0 Å². The Morgan fingerprint density at radius 3 is 2.58 bits per heavy atom. The molecule has 1 heterocycles. The van der Waals surface area contributed by atoms with Crippen molar-refractivity contribution in [1.82, 2.24) is 5.32 Å². The molecule has 182 valence electrons. The number of benzene rings is 1. The number of unbranched alkanes of at least 4 members (excludes halogenated alkanes) is 1. The van der Waals surface area contributed by atoms with Crippen molar-refractivity contribution in [3.8, 4) is 5.75 Å². The van der Waals surface area contributed by atoms with Crippen LogP contribution in [0.4, 0.5) is 13.2 Å². The van der Waals surface area contributed by atoms with Gasteiger partial charge >= 0.3 is 12.1 Å². The van der Waals surface area contributed by atoms with Crippen molar-refractivity contribution >= 4 is 47.1 Å². The molecule has 0 aliphatic carbocycles. The highest BCUT2D eigenvalue weighted by Crippen LogP contribution is 2.42. The maximum absolute atomic E-state index is 13.7. The fraction of sp³-hybridized carbons (Fsp3) is 0.450. The summed E-state index contributed by atoms with van der Waals surface area (Å²) in [5, 5.41) is 2.34. The number of ether oxygens (including phenoxy) is 2. The summed E-state index contributed by atoms with van der Waals surface area (Å²) in [5.74, 6) is -2.25. The molecule has 1 aliphatic rings. The Balaban J connectivity index is 2.27. The maximum atomic E-state index is 13.7. The lowest BCUT2D eigenvalue weighted by molar-refractivity contribution is -0.185. The van der Waals surface area contributed by atoms with Gasteiger partial charge in [0, 0.05) is 17.1 Å². The fourth-order valence-electron chi connectivity index (χ4n) is 3.07. The lowest BCUT2D eigenvalue weighted by Crippen LogP contribution is -2.48. The molecule has 0 saturated carbocycles. The number of aliphatic imine (C=N–C) groups is 1. The molecule has 0 radical (unpaired) electrons. The number of hydrogen-bond donors (Lipinski definition) is 3. The van der Waals surface area contributed by atoms with E-state index >= 15 is 0 Å². The van der Waals surface area contributed by atoms with E-state index in [0.29, 0.717) is 19.4 Å². The van der Waals surface area contributed by atoms with Crippen molar-refractivity contribution in [3.05, 3.63) is 33.3 Å². The van der Waals surface area contributed by atoms with Gasteiger partial charge < -0.3 is 26.3 Å². The summed E-state index contributed by atoms with van der Waals surface area (Å²) in [6, 6.07) is 1.36. The zero-order valence-corrected chi connectivity index (χ0v) is 19.1. The predicted octanol–water partition coefficient (Wildman–Crippen LogP) is 3.19. The molecule has 13 heteroatoms. The summed E-state index contributed by atoms with van der Waals surface area (Å²) in [4.78, 5) is 28.9. The zero-order valence-electron chi connectivity index (χ0n) is 17.5. The zero-order chi connectivity index (χ0) is 24.8. The third-order valence-electron chi connectivity index (χ3n) is 4.50. The van der Waals surface area contributed by atoms with Crippen LogP contribution in [0, 0.1) is 0 Å². The summed E-state index contributed by atoms with van der Waals surface area (Å²) >= 11 is 11.9. The van der Waals surface area contributed by atoms with Gasteiger partial charge in [0.1, 0.15) is 11.8 Å².